The molecule has 1 rings (SSSR count). The van der Waals surface area contributed by atoms with Gasteiger partial charge in [-0.05, 0) is 44.5 Å². The van der Waals surface area contributed by atoms with Crippen LogP contribution in [0.2, 0.25) is 0 Å². The zero-order chi connectivity index (χ0) is 17.5. The first-order valence-corrected chi connectivity index (χ1v) is 9.41. The molecule has 1 aromatic carbocycles. The summed E-state index contributed by atoms with van der Waals surface area (Å²) in [5.74, 6) is -0.239. The predicted molar refractivity (Wildman–Crippen MR) is 99.0 cm³/mol. The second kappa shape index (κ2) is 10.7. The maximum absolute atomic E-state index is 12.2. The summed E-state index contributed by atoms with van der Waals surface area (Å²) in [7, 11) is -3.54. The van der Waals surface area contributed by atoms with Crippen molar-refractivity contribution in [3.8, 4) is 0 Å². The van der Waals surface area contributed by atoms with Crippen LogP contribution in [0.25, 0.3) is 0 Å². The molecule has 8 heteroatoms. The number of hydrogen-bond donors (Lipinski definition) is 3. The standard InChI is InChI=1S/C16H27N3O3S.ClH/c1-4-5-6-14(11-17)18-16(20)13-7-9-15(10-8-13)23(21,22)19-12(2)3;/h7-10,12,14,19H,4-6,11,17H2,1-3H3,(H,18,20);1H. The molecule has 0 heterocycles. The average molecular weight is 378 g/mol. The first-order valence-electron chi connectivity index (χ1n) is 7.93. The van der Waals surface area contributed by atoms with Gasteiger partial charge in [-0.15, -0.1) is 12.4 Å². The Hall–Kier alpha value is -1.15. The fourth-order valence-electron chi connectivity index (χ4n) is 2.13. The SMILES string of the molecule is CCCCC(CN)NC(=O)c1ccc(S(=O)(=O)NC(C)C)cc1.Cl. The third-order valence-corrected chi connectivity index (χ3v) is 5.02. The van der Waals surface area contributed by atoms with E-state index < -0.39 is 10.0 Å². The van der Waals surface area contributed by atoms with Gasteiger partial charge in [0.25, 0.3) is 5.91 Å². The lowest BCUT2D eigenvalue weighted by Crippen LogP contribution is -2.40. The van der Waals surface area contributed by atoms with Crippen molar-refractivity contribution in [3.63, 3.8) is 0 Å². The van der Waals surface area contributed by atoms with Crippen molar-refractivity contribution in [1.29, 1.82) is 0 Å². The minimum atomic E-state index is -3.54. The van der Waals surface area contributed by atoms with E-state index in [9.17, 15) is 13.2 Å². The van der Waals surface area contributed by atoms with Gasteiger partial charge >= 0.3 is 0 Å². The van der Waals surface area contributed by atoms with Crippen LogP contribution >= 0.6 is 12.4 Å². The number of amides is 1. The van der Waals surface area contributed by atoms with Crippen LogP contribution in [0.3, 0.4) is 0 Å². The third kappa shape index (κ3) is 7.17. The van der Waals surface area contributed by atoms with Crippen LogP contribution in [-0.2, 0) is 10.0 Å². The molecule has 0 radical (unpaired) electrons. The normalized spacial score (nSPS) is 12.5. The molecule has 138 valence electrons. The average Bonchev–Trinajstić information content (AvgIpc) is 2.50. The van der Waals surface area contributed by atoms with E-state index in [2.05, 4.69) is 17.0 Å². The van der Waals surface area contributed by atoms with E-state index in [1.54, 1.807) is 13.8 Å². The number of unbranched alkanes of at least 4 members (excludes halogenated alkanes) is 1. The fraction of sp³-hybridized carbons (Fsp3) is 0.562. The maximum Gasteiger partial charge on any atom is 0.251 e. The molecule has 0 aromatic heterocycles. The van der Waals surface area contributed by atoms with Crippen molar-refractivity contribution in [2.24, 2.45) is 5.73 Å². The number of nitrogens with one attached hydrogen (secondary N) is 2. The molecule has 0 fully saturated rings. The lowest BCUT2D eigenvalue weighted by molar-refractivity contribution is 0.0935. The van der Waals surface area contributed by atoms with Crippen LogP contribution in [0.1, 0.15) is 50.4 Å². The summed E-state index contributed by atoms with van der Waals surface area (Å²) in [6.45, 7) is 5.97. The predicted octanol–water partition coefficient (Wildman–Crippen LogP) is 2.04. The van der Waals surface area contributed by atoms with Gasteiger partial charge in [-0.1, -0.05) is 19.8 Å². The third-order valence-electron chi connectivity index (χ3n) is 3.34. The Morgan fingerprint density at radius 1 is 1.21 bits per heavy atom. The highest BCUT2D eigenvalue weighted by atomic mass is 35.5. The fourth-order valence-corrected chi connectivity index (χ4v) is 3.38. The molecule has 1 aromatic rings. The molecule has 0 aliphatic carbocycles. The van der Waals surface area contributed by atoms with Gasteiger partial charge in [0.05, 0.1) is 4.90 Å². The van der Waals surface area contributed by atoms with Crippen molar-refractivity contribution in [2.45, 2.75) is 57.0 Å². The highest BCUT2D eigenvalue weighted by Crippen LogP contribution is 2.11. The van der Waals surface area contributed by atoms with E-state index in [0.717, 1.165) is 19.3 Å². The van der Waals surface area contributed by atoms with Crippen molar-refractivity contribution < 1.29 is 13.2 Å². The Bertz CT molecular complexity index is 603. The number of carbonyl (C=O) groups is 1. The van der Waals surface area contributed by atoms with Crippen molar-refractivity contribution in [3.05, 3.63) is 29.8 Å². The van der Waals surface area contributed by atoms with E-state index in [-0.39, 0.29) is 35.3 Å². The highest BCUT2D eigenvalue weighted by molar-refractivity contribution is 7.89. The zero-order valence-electron chi connectivity index (χ0n) is 14.4. The second-order valence-electron chi connectivity index (χ2n) is 5.85. The molecule has 0 bridgehead atoms. The van der Waals surface area contributed by atoms with Gasteiger partial charge in [0.1, 0.15) is 0 Å². The molecule has 6 nitrogen and oxygen atoms in total. The van der Waals surface area contributed by atoms with Crippen molar-refractivity contribution in [2.75, 3.05) is 6.54 Å². The zero-order valence-corrected chi connectivity index (χ0v) is 16.0. The molecule has 1 unspecified atom stereocenters. The quantitative estimate of drug-likeness (QED) is 0.612. The highest BCUT2D eigenvalue weighted by Gasteiger charge is 2.17. The molecule has 0 aliphatic heterocycles. The Balaban J connectivity index is 0.00000529. The Morgan fingerprint density at radius 2 is 1.79 bits per heavy atom. The number of sulfonamides is 1. The number of rotatable bonds is 9. The van der Waals surface area contributed by atoms with E-state index in [1.165, 1.54) is 24.3 Å². The maximum atomic E-state index is 12.2. The molecular weight excluding hydrogens is 350 g/mol. The molecule has 0 saturated carbocycles. The smallest absolute Gasteiger partial charge is 0.251 e. The lowest BCUT2D eigenvalue weighted by atomic mass is 10.1. The molecule has 24 heavy (non-hydrogen) atoms. The van der Waals surface area contributed by atoms with Gasteiger partial charge in [0.2, 0.25) is 10.0 Å². The van der Waals surface area contributed by atoms with Gasteiger partial charge < -0.3 is 11.1 Å². The van der Waals surface area contributed by atoms with Gasteiger partial charge in [0.15, 0.2) is 0 Å². The number of nitrogens with two attached hydrogens (primary N) is 1. The number of carbonyl (C=O) groups excluding carboxylic acids is 1. The summed E-state index contributed by atoms with van der Waals surface area (Å²) in [4.78, 5) is 12.3. The molecule has 1 amide bonds. The van der Waals surface area contributed by atoms with Crippen molar-refractivity contribution in [1.82, 2.24) is 10.0 Å². The lowest BCUT2D eigenvalue weighted by Gasteiger charge is -2.16. The summed E-state index contributed by atoms with van der Waals surface area (Å²) in [5.41, 5.74) is 6.08. The van der Waals surface area contributed by atoms with E-state index in [0.29, 0.717) is 12.1 Å². The first-order chi connectivity index (χ1) is 10.8. The van der Waals surface area contributed by atoms with Gasteiger partial charge in [-0.2, -0.15) is 0 Å². The van der Waals surface area contributed by atoms with E-state index in [1.807, 2.05) is 0 Å². The first kappa shape index (κ1) is 22.9. The topological polar surface area (TPSA) is 101 Å². The van der Waals surface area contributed by atoms with Crippen LogP contribution in [0.5, 0.6) is 0 Å². The van der Waals surface area contributed by atoms with Crippen LogP contribution in [0.4, 0.5) is 0 Å². The summed E-state index contributed by atoms with van der Waals surface area (Å²) in [6.07, 6.45) is 2.88. The van der Waals surface area contributed by atoms with Gasteiger partial charge in [-0.25, -0.2) is 13.1 Å². The Labute approximate surface area is 151 Å². The second-order valence-corrected chi connectivity index (χ2v) is 7.56. The summed E-state index contributed by atoms with van der Waals surface area (Å²) in [6, 6.07) is 5.64. The molecule has 4 N–H and O–H groups in total. The van der Waals surface area contributed by atoms with Crippen LogP contribution in [0.15, 0.2) is 29.2 Å². The Morgan fingerprint density at radius 3 is 2.25 bits per heavy atom. The number of hydrogen-bond acceptors (Lipinski definition) is 4. The summed E-state index contributed by atoms with van der Waals surface area (Å²) in [5, 5.41) is 2.88. The monoisotopic (exact) mass is 377 g/mol. The van der Waals surface area contributed by atoms with Crippen LogP contribution in [0, 0.1) is 0 Å². The molecule has 0 saturated heterocycles. The Kier molecular flexibility index (Phi) is 10.1. The number of halogens is 1. The summed E-state index contributed by atoms with van der Waals surface area (Å²) >= 11 is 0. The van der Waals surface area contributed by atoms with Crippen LogP contribution < -0.4 is 15.8 Å². The van der Waals surface area contributed by atoms with E-state index >= 15 is 0 Å². The molecule has 0 aliphatic rings. The molecular formula is C16H28ClN3O3S. The minimum absolute atomic E-state index is 0. The van der Waals surface area contributed by atoms with E-state index in [4.69, 9.17) is 5.73 Å². The van der Waals surface area contributed by atoms with Gasteiger partial charge in [-0.3, -0.25) is 4.79 Å². The minimum Gasteiger partial charge on any atom is -0.348 e. The van der Waals surface area contributed by atoms with Gasteiger partial charge in [0, 0.05) is 24.2 Å². The van der Waals surface area contributed by atoms with Crippen LogP contribution in [-0.4, -0.2) is 33.0 Å². The molecule has 1 atom stereocenters. The molecule has 0 spiro atoms. The number of benzene rings is 1. The van der Waals surface area contributed by atoms with Crippen molar-refractivity contribution >= 4 is 28.3 Å². The summed E-state index contributed by atoms with van der Waals surface area (Å²) < 4.78 is 26.6. The largest absolute Gasteiger partial charge is 0.348 e.